The molecule has 1 aliphatic carbocycles. The van der Waals surface area contributed by atoms with E-state index in [2.05, 4.69) is 11.9 Å². The highest BCUT2D eigenvalue weighted by atomic mass is 16.6. The van der Waals surface area contributed by atoms with Crippen LogP contribution in [-0.2, 0) is 4.74 Å². The molecule has 1 aromatic rings. The first-order valence-electron chi connectivity index (χ1n) is 12.8. The van der Waals surface area contributed by atoms with Gasteiger partial charge in [-0.3, -0.25) is 15.0 Å². The Morgan fingerprint density at radius 3 is 2.63 bits per heavy atom. The molecule has 1 aliphatic rings. The molecule has 0 fully saturated rings. The monoisotopic (exact) mass is 485 g/mol. The second-order valence-corrected chi connectivity index (χ2v) is 8.49. The summed E-state index contributed by atoms with van der Waals surface area (Å²) in [6.07, 6.45) is 17.4. The molecule has 35 heavy (non-hydrogen) atoms. The van der Waals surface area contributed by atoms with Gasteiger partial charge in [-0.05, 0) is 57.2 Å². The van der Waals surface area contributed by atoms with Crippen molar-refractivity contribution in [2.45, 2.75) is 72.8 Å². The van der Waals surface area contributed by atoms with Crippen molar-refractivity contribution in [2.24, 2.45) is 5.92 Å². The second kappa shape index (κ2) is 17.5. The van der Waals surface area contributed by atoms with Crippen LogP contribution in [-0.4, -0.2) is 57.9 Å². The Hall–Kier alpha value is -2.93. The van der Waals surface area contributed by atoms with Gasteiger partial charge in [0.25, 0.3) is 5.91 Å². The molecule has 1 aromatic heterocycles. The number of amides is 2. The molecule has 1 unspecified atom stereocenters. The van der Waals surface area contributed by atoms with Crippen molar-refractivity contribution < 1.29 is 19.5 Å². The van der Waals surface area contributed by atoms with E-state index in [0.29, 0.717) is 13.1 Å². The molecular weight excluding hydrogens is 442 g/mol. The van der Waals surface area contributed by atoms with Crippen molar-refractivity contribution in [3.63, 3.8) is 0 Å². The second-order valence-electron chi connectivity index (χ2n) is 8.49. The van der Waals surface area contributed by atoms with Crippen LogP contribution >= 0.6 is 0 Å². The van der Waals surface area contributed by atoms with Crippen LogP contribution in [0.15, 0.2) is 48.7 Å². The van der Waals surface area contributed by atoms with E-state index in [4.69, 9.17) is 4.74 Å². The van der Waals surface area contributed by atoms with Gasteiger partial charge in [0.05, 0.1) is 12.6 Å². The zero-order chi connectivity index (χ0) is 26.1. The van der Waals surface area contributed by atoms with Gasteiger partial charge in [0.15, 0.2) is 0 Å². The fraction of sp³-hybridized carbons (Fsp3) is 0.536. The van der Waals surface area contributed by atoms with E-state index in [1.54, 1.807) is 17.2 Å². The number of carbonyl (C=O) groups excluding carboxylic acids is 2. The molecular formula is C28H43N3O4. The van der Waals surface area contributed by atoms with Gasteiger partial charge in [-0.25, -0.2) is 9.86 Å². The van der Waals surface area contributed by atoms with Crippen molar-refractivity contribution in [2.75, 3.05) is 19.6 Å². The molecule has 7 nitrogen and oxygen atoms in total. The summed E-state index contributed by atoms with van der Waals surface area (Å²) in [5.41, 5.74) is 1.04. The van der Waals surface area contributed by atoms with Crippen molar-refractivity contribution in [3.05, 3.63) is 60.0 Å². The van der Waals surface area contributed by atoms with E-state index in [1.165, 1.54) is 0 Å². The summed E-state index contributed by atoms with van der Waals surface area (Å²) in [6, 6.07) is 3.49. The number of hydrogen-bond donors (Lipinski definition) is 1. The number of rotatable bonds is 12. The van der Waals surface area contributed by atoms with Crippen LogP contribution in [0.4, 0.5) is 4.79 Å². The molecule has 194 valence electrons. The van der Waals surface area contributed by atoms with E-state index in [0.717, 1.165) is 42.7 Å². The number of hydrogen-bond acceptors (Lipinski definition) is 5. The fourth-order valence-corrected chi connectivity index (χ4v) is 3.41. The van der Waals surface area contributed by atoms with Crippen molar-refractivity contribution >= 4 is 18.1 Å². The lowest BCUT2D eigenvalue weighted by Gasteiger charge is -2.23. The molecule has 0 saturated heterocycles. The zero-order valence-electron chi connectivity index (χ0n) is 22.0. The summed E-state index contributed by atoms with van der Waals surface area (Å²) in [4.78, 5) is 30.7. The molecule has 0 saturated carbocycles. The maximum absolute atomic E-state index is 12.5. The third kappa shape index (κ3) is 11.9. The van der Waals surface area contributed by atoms with E-state index < -0.39 is 5.91 Å². The first kappa shape index (κ1) is 30.1. The average molecular weight is 486 g/mol. The summed E-state index contributed by atoms with van der Waals surface area (Å²) in [5.74, 6) is -0.412. The normalized spacial score (nSPS) is 14.5. The number of hydroxylamine groups is 2. The predicted octanol–water partition coefficient (Wildman–Crippen LogP) is 6.51. The van der Waals surface area contributed by atoms with Gasteiger partial charge in [-0.15, -0.1) is 0 Å². The molecule has 1 heterocycles. The number of allylic oxidation sites excluding steroid dienone is 4. The van der Waals surface area contributed by atoms with Crippen LogP contribution in [0.1, 0.15) is 82.8 Å². The Morgan fingerprint density at radius 1 is 1.23 bits per heavy atom. The first-order chi connectivity index (χ1) is 16.9. The van der Waals surface area contributed by atoms with Crippen molar-refractivity contribution in [1.82, 2.24) is 14.9 Å². The van der Waals surface area contributed by atoms with Crippen molar-refractivity contribution in [1.29, 1.82) is 0 Å². The number of pyridine rings is 1. The number of nitrogens with zero attached hydrogens (tertiary/aromatic N) is 3. The summed E-state index contributed by atoms with van der Waals surface area (Å²) in [6.45, 7) is 11.4. The highest BCUT2D eigenvalue weighted by Crippen LogP contribution is 2.14. The summed E-state index contributed by atoms with van der Waals surface area (Å²) >= 11 is 0. The molecule has 2 rings (SSSR count). The molecule has 0 aliphatic heterocycles. The van der Waals surface area contributed by atoms with E-state index in [1.807, 2.05) is 70.2 Å². The van der Waals surface area contributed by atoms with Gasteiger partial charge >= 0.3 is 6.09 Å². The quantitative estimate of drug-likeness (QED) is 0.207. The van der Waals surface area contributed by atoms with Gasteiger partial charge in [0.2, 0.25) is 0 Å². The lowest BCUT2D eigenvalue weighted by atomic mass is 10.0. The Morgan fingerprint density at radius 2 is 1.97 bits per heavy atom. The minimum absolute atomic E-state index is 0.0988. The molecule has 1 atom stereocenters. The number of aromatic nitrogens is 1. The van der Waals surface area contributed by atoms with Gasteiger partial charge in [0, 0.05) is 25.2 Å². The van der Waals surface area contributed by atoms with Gasteiger partial charge in [-0.1, -0.05) is 63.6 Å². The van der Waals surface area contributed by atoms with Crippen LogP contribution in [0.3, 0.4) is 0 Å². The van der Waals surface area contributed by atoms with Gasteiger partial charge in [0.1, 0.15) is 5.69 Å². The molecule has 1 N–H and O–H groups in total. The van der Waals surface area contributed by atoms with Crippen LogP contribution in [0.5, 0.6) is 0 Å². The summed E-state index contributed by atoms with van der Waals surface area (Å²) < 4.78 is 5.34. The number of carbonyl (C=O) groups is 2. The van der Waals surface area contributed by atoms with Crippen LogP contribution < -0.4 is 0 Å². The zero-order valence-corrected chi connectivity index (χ0v) is 22.0. The standard InChI is InChI=1S/C26H37N3O4.C2H6/c1-4-5-17-28(26(31)33-21(2)3)18-11-7-10-12-22-15-16-27-24(19-22)25(30)29(32)20-23-13-8-6-9-14-23;1-2/h6,8-10,12-13,15-16,19,21,23,32H,4-5,7,11,14,17-18,20H2,1-3H3;1-2H3. The largest absolute Gasteiger partial charge is 0.447 e. The molecule has 0 bridgehead atoms. The molecule has 0 spiro atoms. The minimum atomic E-state index is -0.511. The predicted molar refractivity (Wildman–Crippen MR) is 141 cm³/mol. The van der Waals surface area contributed by atoms with Crippen LogP contribution in [0, 0.1) is 5.92 Å². The third-order valence-electron chi connectivity index (χ3n) is 5.20. The maximum Gasteiger partial charge on any atom is 0.410 e. The number of unbranched alkanes of at least 4 members (excludes halogenated alkanes) is 2. The molecule has 2 amide bonds. The van der Waals surface area contributed by atoms with E-state index >= 15 is 0 Å². The first-order valence-corrected chi connectivity index (χ1v) is 12.8. The SMILES string of the molecule is CC.CCCCN(CCCC=Cc1ccnc(C(=O)N(O)CC2C=CC=CC2)c1)C(=O)OC(C)C. The lowest BCUT2D eigenvalue weighted by Crippen LogP contribution is -2.34. The molecule has 7 heteroatoms. The number of ether oxygens (including phenoxy) is 1. The highest BCUT2D eigenvalue weighted by Gasteiger charge is 2.19. The minimum Gasteiger partial charge on any atom is -0.447 e. The van der Waals surface area contributed by atoms with Gasteiger partial charge < -0.3 is 9.64 Å². The smallest absolute Gasteiger partial charge is 0.410 e. The molecule has 0 aromatic carbocycles. The Balaban J connectivity index is 0.00000298. The maximum atomic E-state index is 12.5. The van der Waals surface area contributed by atoms with Crippen molar-refractivity contribution in [3.8, 4) is 0 Å². The summed E-state index contributed by atoms with van der Waals surface area (Å²) in [5, 5.41) is 10.9. The Bertz CT molecular complexity index is 848. The van der Waals surface area contributed by atoms with Gasteiger partial charge in [-0.2, -0.15) is 0 Å². The van der Waals surface area contributed by atoms with E-state index in [9.17, 15) is 14.8 Å². The summed E-state index contributed by atoms with van der Waals surface area (Å²) in [7, 11) is 0. The Kier molecular flexibility index (Phi) is 15.0. The highest BCUT2D eigenvalue weighted by molar-refractivity contribution is 5.92. The van der Waals surface area contributed by atoms with E-state index in [-0.39, 0.29) is 30.4 Å². The lowest BCUT2D eigenvalue weighted by molar-refractivity contribution is -0.0643. The molecule has 0 radical (unpaired) electrons. The average Bonchev–Trinajstić information content (AvgIpc) is 2.86. The topological polar surface area (TPSA) is 83.0 Å². The third-order valence-corrected chi connectivity index (χ3v) is 5.20. The fourth-order valence-electron chi connectivity index (χ4n) is 3.41. The Labute approximate surface area is 211 Å². The van der Waals surface area contributed by atoms with Crippen LogP contribution in [0.2, 0.25) is 0 Å². The van der Waals surface area contributed by atoms with Crippen LogP contribution in [0.25, 0.3) is 6.08 Å².